The molecule has 3 saturated carbocycles. The van der Waals surface area contributed by atoms with Crippen LogP contribution in [0.1, 0.15) is 32.6 Å². The van der Waals surface area contributed by atoms with Gasteiger partial charge in [0.2, 0.25) is 0 Å². The maximum atomic E-state index is 12.4. The lowest BCUT2D eigenvalue weighted by atomic mass is 9.71. The van der Waals surface area contributed by atoms with Crippen molar-refractivity contribution in [3.05, 3.63) is 23.8 Å². The van der Waals surface area contributed by atoms with Crippen LogP contribution in [0.3, 0.4) is 0 Å². The third-order valence-electron chi connectivity index (χ3n) is 6.46. The van der Waals surface area contributed by atoms with Crippen molar-refractivity contribution in [1.82, 2.24) is 0 Å². The van der Waals surface area contributed by atoms with E-state index in [0.29, 0.717) is 17.4 Å². The summed E-state index contributed by atoms with van der Waals surface area (Å²) < 4.78 is 10.3. The second-order valence-electron chi connectivity index (χ2n) is 7.67. The lowest BCUT2D eigenvalue weighted by molar-refractivity contribution is -0.147. The zero-order chi connectivity index (χ0) is 16.1. The van der Waals surface area contributed by atoms with E-state index in [2.05, 4.69) is 12.7 Å². The van der Waals surface area contributed by atoms with Gasteiger partial charge in [0.25, 0.3) is 0 Å². The first-order valence-corrected chi connectivity index (χ1v) is 8.77. The summed E-state index contributed by atoms with van der Waals surface area (Å²) in [6, 6.07) is 0. The SMILES string of the molecule is C=C(C)C(=O)OCCOC(=O)C1=CC2CC1C1C3CCC(C3)C21. The van der Waals surface area contributed by atoms with Crippen LogP contribution in [0.5, 0.6) is 0 Å². The highest BCUT2D eigenvalue weighted by Gasteiger charge is 2.60. The molecule has 6 unspecified atom stereocenters. The summed E-state index contributed by atoms with van der Waals surface area (Å²) >= 11 is 0. The van der Waals surface area contributed by atoms with Crippen LogP contribution in [0.2, 0.25) is 0 Å². The first-order valence-electron chi connectivity index (χ1n) is 8.77. The number of fused-ring (bicyclic) bond motifs is 9. The summed E-state index contributed by atoms with van der Waals surface area (Å²) in [5.74, 6) is 3.70. The summed E-state index contributed by atoms with van der Waals surface area (Å²) in [7, 11) is 0. The summed E-state index contributed by atoms with van der Waals surface area (Å²) in [5.41, 5.74) is 1.25. The summed E-state index contributed by atoms with van der Waals surface area (Å²) in [6.07, 6.45) is 7.48. The number of rotatable bonds is 5. The summed E-state index contributed by atoms with van der Waals surface area (Å²) in [5, 5.41) is 0. The molecule has 0 radical (unpaired) electrons. The third kappa shape index (κ3) is 2.34. The molecule has 6 atom stereocenters. The molecule has 4 bridgehead atoms. The van der Waals surface area contributed by atoms with Gasteiger partial charge >= 0.3 is 11.9 Å². The molecule has 0 heterocycles. The van der Waals surface area contributed by atoms with E-state index in [1.807, 2.05) is 0 Å². The van der Waals surface area contributed by atoms with Gasteiger partial charge in [-0.2, -0.15) is 0 Å². The average molecular weight is 316 g/mol. The van der Waals surface area contributed by atoms with Gasteiger partial charge in [-0.05, 0) is 68.1 Å². The molecule has 4 heteroatoms. The fourth-order valence-corrected chi connectivity index (χ4v) is 5.78. The molecular weight excluding hydrogens is 292 g/mol. The van der Waals surface area contributed by atoms with Gasteiger partial charge in [-0.25, -0.2) is 9.59 Å². The van der Waals surface area contributed by atoms with Gasteiger partial charge in [0.1, 0.15) is 13.2 Å². The Morgan fingerprint density at radius 3 is 2.57 bits per heavy atom. The maximum absolute atomic E-state index is 12.4. The lowest BCUT2D eigenvalue weighted by Gasteiger charge is -2.33. The second kappa shape index (κ2) is 5.50. The highest BCUT2D eigenvalue weighted by atomic mass is 16.6. The Balaban J connectivity index is 1.32. The van der Waals surface area contributed by atoms with Gasteiger partial charge in [-0.3, -0.25) is 0 Å². The Kier molecular flexibility index (Phi) is 3.58. The van der Waals surface area contributed by atoms with Crippen LogP contribution < -0.4 is 0 Å². The van der Waals surface area contributed by atoms with Crippen LogP contribution >= 0.6 is 0 Å². The van der Waals surface area contributed by atoms with Crippen molar-refractivity contribution >= 4 is 11.9 Å². The Morgan fingerprint density at radius 1 is 1.13 bits per heavy atom. The number of hydrogen-bond donors (Lipinski definition) is 0. The van der Waals surface area contributed by atoms with Crippen LogP contribution in [0.15, 0.2) is 23.8 Å². The van der Waals surface area contributed by atoms with Crippen LogP contribution in [0.25, 0.3) is 0 Å². The molecule has 0 aromatic carbocycles. The first kappa shape index (κ1) is 15.0. The molecule has 0 aliphatic heterocycles. The van der Waals surface area contributed by atoms with Crippen molar-refractivity contribution in [2.24, 2.45) is 35.5 Å². The normalized spacial score (nSPS) is 39.1. The number of esters is 2. The molecule has 3 fully saturated rings. The zero-order valence-electron chi connectivity index (χ0n) is 13.6. The molecule has 0 aromatic heterocycles. The monoisotopic (exact) mass is 316 g/mol. The summed E-state index contributed by atoms with van der Waals surface area (Å²) in [4.78, 5) is 23.6. The third-order valence-corrected chi connectivity index (χ3v) is 6.46. The van der Waals surface area contributed by atoms with E-state index >= 15 is 0 Å². The van der Waals surface area contributed by atoms with Crippen molar-refractivity contribution in [3.8, 4) is 0 Å². The van der Waals surface area contributed by atoms with E-state index < -0.39 is 5.97 Å². The van der Waals surface area contributed by atoms with Crippen molar-refractivity contribution < 1.29 is 19.1 Å². The molecular formula is C19H24O4. The van der Waals surface area contributed by atoms with Gasteiger partial charge < -0.3 is 9.47 Å². The van der Waals surface area contributed by atoms with Gasteiger partial charge in [-0.1, -0.05) is 12.7 Å². The summed E-state index contributed by atoms with van der Waals surface area (Å²) in [6.45, 7) is 5.32. The predicted octanol–water partition coefficient (Wildman–Crippen LogP) is 2.89. The standard InChI is InChI=1S/C19H24O4/c1-10(2)18(20)22-5-6-23-19(21)15-9-13-8-14(15)17-12-4-3-11(7-12)16(13)17/h9,11-14,16-17H,1,3-8H2,2H3. The van der Waals surface area contributed by atoms with Crippen LogP contribution in [0.4, 0.5) is 0 Å². The molecule has 0 saturated heterocycles. The number of ether oxygens (including phenoxy) is 2. The average Bonchev–Trinajstić information content (AvgIpc) is 3.28. The molecule has 0 spiro atoms. The molecule has 0 aromatic rings. The second-order valence-corrected chi connectivity index (χ2v) is 7.67. The molecule has 4 rings (SSSR count). The predicted molar refractivity (Wildman–Crippen MR) is 84.2 cm³/mol. The van der Waals surface area contributed by atoms with Crippen LogP contribution in [-0.2, 0) is 19.1 Å². The fraction of sp³-hybridized carbons (Fsp3) is 0.684. The highest BCUT2D eigenvalue weighted by molar-refractivity contribution is 5.90. The van der Waals surface area contributed by atoms with Gasteiger partial charge in [0.05, 0.1) is 0 Å². The Bertz CT molecular complexity index is 590. The van der Waals surface area contributed by atoms with Crippen molar-refractivity contribution in [2.45, 2.75) is 32.6 Å². The Labute approximate surface area is 136 Å². The smallest absolute Gasteiger partial charge is 0.334 e. The first-order chi connectivity index (χ1) is 11.1. The number of hydrogen-bond acceptors (Lipinski definition) is 4. The van der Waals surface area contributed by atoms with E-state index in [0.717, 1.165) is 35.7 Å². The van der Waals surface area contributed by atoms with Gasteiger partial charge in [-0.15, -0.1) is 0 Å². The van der Waals surface area contributed by atoms with Crippen LogP contribution in [0, 0.1) is 35.5 Å². The molecule has 124 valence electrons. The largest absolute Gasteiger partial charge is 0.459 e. The van der Waals surface area contributed by atoms with Gasteiger partial charge in [0.15, 0.2) is 0 Å². The minimum atomic E-state index is -0.440. The minimum absolute atomic E-state index is 0.0928. The number of carbonyl (C=O) groups is 2. The van der Waals surface area contributed by atoms with E-state index in [9.17, 15) is 9.59 Å². The zero-order valence-corrected chi connectivity index (χ0v) is 13.6. The number of carbonyl (C=O) groups excluding carboxylic acids is 2. The molecule has 4 aliphatic carbocycles. The van der Waals surface area contributed by atoms with E-state index in [-0.39, 0.29) is 19.2 Å². The molecule has 0 N–H and O–H groups in total. The molecule has 4 nitrogen and oxygen atoms in total. The van der Waals surface area contributed by atoms with Crippen molar-refractivity contribution in [2.75, 3.05) is 13.2 Å². The number of allylic oxidation sites excluding steroid dienone is 1. The van der Waals surface area contributed by atoms with Crippen molar-refractivity contribution in [3.63, 3.8) is 0 Å². The van der Waals surface area contributed by atoms with Crippen LogP contribution in [-0.4, -0.2) is 25.2 Å². The van der Waals surface area contributed by atoms with E-state index in [1.54, 1.807) is 6.92 Å². The molecule has 0 amide bonds. The maximum Gasteiger partial charge on any atom is 0.334 e. The van der Waals surface area contributed by atoms with Crippen molar-refractivity contribution in [1.29, 1.82) is 0 Å². The lowest BCUT2D eigenvalue weighted by Crippen LogP contribution is -2.30. The van der Waals surface area contributed by atoms with Gasteiger partial charge in [0, 0.05) is 11.1 Å². The Morgan fingerprint density at radius 2 is 1.83 bits per heavy atom. The highest BCUT2D eigenvalue weighted by Crippen LogP contribution is 2.66. The molecule has 23 heavy (non-hydrogen) atoms. The quantitative estimate of drug-likeness (QED) is 0.339. The fourth-order valence-electron chi connectivity index (χ4n) is 5.78. The van der Waals surface area contributed by atoms with E-state index in [4.69, 9.17) is 9.47 Å². The molecule has 4 aliphatic rings. The minimum Gasteiger partial charge on any atom is -0.459 e. The topological polar surface area (TPSA) is 52.6 Å². The van der Waals surface area contributed by atoms with E-state index in [1.165, 1.54) is 19.3 Å². The Hall–Kier alpha value is -1.58.